The molecule has 1 aromatic heterocycles. The van der Waals surface area contributed by atoms with Crippen LogP contribution in [0, 0.1) is 0 Å². The Hall–Kier alpha value is -1.82. The van der Waals surface area contributed by atoms with Gasteiger partial charge in [-0.1, -0.05) is 18.2 Å². The van der Waals surface area contributed by atoms with E-state index in [2.05, 4.69) is 5.10 Å². The molecular weight excluding hydrogens is 252 g/mol. The number of ether oxygens (including phenoxy) is 1. The summed E-state index contributed by atoms with van der Waals surface area (Å²) in [6.07, 6.45) is 2.16. The molecule has 0 radical (unpaired) electrons. The van der Waals surface area contributed by atoms with Crippen LogP contribution in [0.2, 0.25) is 0 Å². The maximum atomic E-state index is 11.5. The summed E-state index contributed by atoms with van der Waals surface area (Å²) < 4.78 is 29.7. The molecule has 0 aliphatic heterocycles. The van der Waals surface area contributed by atoms with Crippen LogP contribution in [0.25, 0.3) is 0 Å². The molecule has 6 heteroatoms. The SMILES string of the molecule is C[C@H](Oc1ccccc1)c1ccnn1S(C)(=O)=O. The molecule has 96 valence electrons. The van der Waals surface area contributed by atoms with Gasteiger partial charge in [-0.05, 0) is 25.1 Å². The third-order valence-corrected chi connectivity index (χ3v) is 3.36. The van der Waals surface area contributed by atoms with E-state index in [9.17, 15) is 8.42 Å². The van der Waals surface area contributed by atoms with Crippen LogP contribution in [0.3, 0.4) is 0 Å². The lowest BCUT2D eigenvalue weighted by atomic mass is 10.3. The normalized spacial score (nSPS) is 13.2. The predicted molar refractivity (Wildman–Crippen MR) is 68.0 cm³/mol. The predicted octanol–water partition coefficient (Wildman–Crippen LogP) is 1.83. The topological polar surface area (TPSA) is 61.2 Å². The first-order chi connectivity index (χ1) is 8.48. The van der Waals surface area contributed by atoms with Crippen molar-refractivity contribution in [3.05, 3.63) is 48.3 Å². The van der Waals surface area contributed by atoms with Crippen LogP contribution in [0.5, 0.6) is 5.75 Å². The van der Waals surface area contributed by atoms with Crippen molar-refractivity contribution in [3.8, 4) is 5.75 Å². The quantitative estimate of drug-likeness (QED) is 0.847. The van der Waals surface area contributed by atoms with E-state index in [0.717, 1.165) is 10.3 Å². The lowest BCUT2D eigenvalue weighted by molar-refractivity contribution is 0.220. The van der Waals surface area contributed by atoms with Crippen molar-refractivity contribution in [3.63, 3.8) is 0 Å². The molecule has 0 N–H and O–H groups in total. The molecular formula is C12H14N2O3S. The van der Waals surface area contributed by atoms with Gasteiger partial charge in [0.1, 0.15) is 11.9 Å². The number of hydrogen-bond acceptors (Lipinski definition) is 4. The van der Waals surface area contributed by atoms with Gasteiger partial charge in [-0.2, -0.15) is 9.19 Å². The van der Waals surface area contributed by atoms with E-state index in [1.807, 2.05) is 30.3 Å². The van der Waals surface area contributed by atoms with Crippen molar-refractivity contribution in [2.24, 2.45) is 0 Å². The van der Waals surface area contributed by atoms with Gasteiger partial charge in [-0.15, -0.1) is 0 Å². The Morgan fingerprint density at radius 2 is 1.89 bits per heavy atom. The van der Waals surface area contributed by atoms with Crippen molar-refractivity contribution in [2.45, 2.75) is 13.0 Å². The van der Waals surface area contributed by atoms with Crippen LogP contribution in [-0.2, 0) is 10.0 Å². The molecule has 0 spiro atoms. The van der Waals surface area contributed by atoms with E-state index in [1.54, 1.807) is 13.0 Å². The zero-order chi connectivity index (χ0) is 13.2. The van der Waals surface area contributed by atoms with Gasteiger partial charge in [0, 0.05) is 0 Å². The summed E-state index contributed by atoms with van der Waals surface area (Å²) in [4.78, 5) is 0. The molecule has 2 rings (SSSR count). The van der Waals surface area contributed by atoms with Crippen molar-refractivity contribution in [2.75, 3.05) is 6.26 Å². The van der Waals surface area contributed by atoms with Gasteiger partial charge in [0.25, 0.3) is 10.0 Å². The van der Waals surface area contributed by atoms with Crippen molar-refractivity contribution in [1.29, 1.82) is 0 Å². The van der Waals surface area contributed by atoms with Crippen LogP contribution >= 0.6 is 0 Å². The summed E-state index contributed by atoms with van der Waals surface area (Å²) in [7, 11) is -3.40. The second-order valence-electron chi connectivity index (χ2n) is 3.94. The van der Waals surface area contributed by atoms with Crippen molar-refractivity contribution >= 4 is 10.0 Å². The Labute approximate surface area is 106 Å². The maximum Gasteiger partial charge on any atom is 0.251 e. The summed E-state index contributed by atoms with van der Waals surface area (Å²) in [5, 5.41) is 3.80. The summed E-state index contributed by atoms with van der Waals surface area (Å²) >= 11 is 0. The number of nitrogens with zero attached hydrogens (tertiary/aromatic N) is 2. The second-order valence-corrected chi connectivity index (χ2v) is 5.75. The van der Waals surface area contributed by atoms with Crippen molar-refractivity contribution < 1.29 is 13.2 Å². The highest BCUT2D eigenvalue weighted by atomic mass is 32.2. The molecule has 1 atom stereocenters. The molecule has 0 aliphatic rings. The second kappa shape index (κ2) is 4.81. The molecule has 2 aromatic rings. The molecule has 0 saturated carbocycles. The van der Waals surface area contributed by atoms with Crippen LogP contribution in [0.15, 0.2) is 42.6 Å². The standard InChI is InChI=1S/C12H14N2O3S/c1-10(17-11-6-4-3-5-7-11)12-8-9-13-14(12)18(2,15)16/h3-10H,1-2H3/t10-/m0/s1. The van der Waals surface area contributed by atoms with E-state index < -0.39 is 16.1 Å². The van der Waals surface area contributed by atoms with Crippen molar-refractivity contribution in [1.82, 2.24) is 9.19 Å². The molecule has 18 heavy (non-hydrogen) atoms. The highest BCUT2D eigenvalue weighted by molar-refractivity contribution is 7.89. The minimum Gasteiger partial charge on any atom is -0.484 e. The van der Waals surface area contributed by atoms with Crippen LogP contribution in [0.1, 0.15) is 18.7 Å². The summed E-state index contributed by atoms with van der Waals surface area (Å²) in [6, 6.07) is 10.9. The van der Waals surface area contributed by atoms with E-state index in [4.69, 9.17) is 4.74 Å². The molecule has 0 unspecified atom stereocenters. The summed E-state index contributed by atoms with van der Waals surface area (Å²) in [6.45, 7) is 1.78. The highest BCUT2D eigenvalue weighted by Crippen LogP contribution is 2.21. The Morgan fingerprint density at radius 1 is 1.22 bits per heavy atom. The molecule has 0 aliphatic carbocycles. The monoisotopic (exact) mass is 266 g/mol. The summed E-state index contributed by atoms with van der Waals surface area (Å²) in [5.41, 5.74) is 0.501. The third kappa shape index (κ3) is 2.70. The average molecular weight is 266 g/mol. The third-order valence-electron chi connectivity index (χ3n) is 2.42. The molecule has 0 amide bonds. The number of aromatic nitrogens is 2. The van der Waals surface area contributed by atoms with Crippen LogP contribution in [-0.4, -0.2) is 23.9 Å². The molecule has 1 heterocycles. The fourth-order valence-electron chi connectivity index (χ4n) is 1.63. The smallest absolute Gasteiger partial charge is 0.251 e. The maximum absolute atomic E-state index is 11.5. The fraction of sp³-hybridized carbons (Fsp3) is 0.250. The Kier molecular flexibility index (Phi) is 3.38. The zero-order valence-electron chi connectivity index (χ0n) is 10.1. The minimum absolute atomic E-state index is 0.398. The molecule has 0 saturated heterocycles. The number of para-hydroxylation sites is 1. The van der Waals surface area contributed by atoms with Gasteiger partial charge in [0.05, 0.1) is 18.1 Å². The van der Waals surface area contributed by atoms with Gasteiger partial charge < -0.3 is 4.74 Å². The largest absolute Gasteiger partial charge is 0.484 e. The van der Waals surface area contributed by atoms with Gasteiger partial charge >= 0.3 is 0 Å². The van der Waals surface area contributed by atoms with E-state index in [0.29, 0.717) is 11.4 Å². The zero-order valence-corrected chi connectivity index (χ0v) is 11.0. The van der Waals surface area contributed by atoms with E-state index in [1.165, 1.54) is 6.20 Å². The molecule has 5 nitrogen and oxygen atoms in total. The van der Waals surface area contributed by atoms with Crippen LogP contribution < -0.4 is 4.74 Å². The van der Waals surface area contributed by atoms with Gasteiger partial charge in [0.2, 0.25) is 0 Å². The number of benzene rings is 1. The van der Waals surface area contributed by atoms with Crippen LogP contribution in [0.4, 0.5) is 0 Å². The number of rotatable bonds is 4. The summed E-state index contributed by atoms with van der Waals surface area (Å²) in [5.74, 6) is 0.686. The molecule has 1 aromatic carbocycles. The fourth-order valence-corrected chi connectivity index (χ4v) is 2.45. The van der Waals surface area contributed by atoms with E-state index >= 15 is 0 Å². The van der Waals surface area contributed by atoms with E-state index in [-0.39, 0.29) is 0 Å². The average Bonchev–Trinajstić information content (AvgIpc) is 2.79. The Balaban J connectivity index is 2.25. The number of hydrogen-bond donors (Lipinski definition) is 0. The van der Waals surface area contributed by atoms with Gasteiger partial charge in [0.15, 0.2) is 0 Å². The molecule has 0 bridgehead atoms. The lowest BCUT2D eigenvalue weighted by Crippen LogP contribution is -2.18. The van der Waals surface area contributed by atoms with Gasteiger partial charge in [-0.3, -0.25) is 0 Å². The Morgan fingerprint density at radius 3 is 2.50 bits per heavy atom. The first-order valence-corrected chi connectivity index (χ1v) is 7.29. The lowest BCUT2D eigenvalue weighted by Gasteiger charge is -2.15. The highest BCUT2D eigenvalue weighted by Gasteiger charge is 2.18. The molecule has 0 fully saturated rings. The van der Waals surface area contributed by atoms with Gasteiger partial charge in [-0.25, -0.2) is 8.42 Å². The minimum atomic E-state index is -3.40. The first kappa shape index (κ1) is 12.6. The first-order valence-electron chi connectivity index (χ1n) is 5.44. The Bertz CT molecular complexity index is 620.